The molecule has 6 N–H and O–H groups in total. The van der Waals surface area contributed by atoms with Gasteiger partial charge in [-0.15, -0.1) is 0 Å². The van der Waals surface area contributed by atoms with E-state index in [9.17, 15) is 24.0 Å². The number of alkyl carbamates (subject to hydrolysis) is 2. The van der Waals surface area contributed by atoms with E-state index >= 15 is 0 Å². The average molecular weight is 752 g/mol. The van der Waals surface area contributed by atoms with Gasteiger partial charge in [-0.3, -0.25) is 14.4 Å². The number of nitrogens with zero attached hydrogens (tertiary/aromatic N) is 1. The van der Waals surface area contributed by atoms with Crippen LogP contribution >= 0.6 is 0 Å². The molecule has 0 saturated heterocycles. The van der Waals surface area contributed by atoms with Crippen molar-refractivity contribution in [3.8, 4) is 23.7 Å². The van der Waals surface area contributed by atoms with Gasteiger partial charge in [0.15, 0.2) is 13.2 Å². The number of ketones is 1. The molecule has 2 aromatic carbocycles. The maximum absolute atomic E-state index is 12.9. The number of carbonyl (C=O) groups excluding carboxylic acids is 5. The van der Waals surface area contributed by atoms with Crippen LogP contribution in [0.1, 0.15) is 59.1 Å². The largest absolute Gasteiger partial charge is 0.469 e. The van der Waals surface area contributed by atoms with E-state index in [4.69, 9.17) is 30.4 Å². The van der Waals surface area contributed by atoms with E-state index in [2.05, 4.69) is 39.3 Å². The number of pyridine rings is 1. The van der Waals surface area contributed by atoms with Gasteiger partial charge in [-0.1, -0.05) is 54.0 Å². The number of benzene rings is 2. The third-order valence-electron chi connectivity index (χ3n) is 8.83. The first kappa shape index (κ1) is 41.4. The summed E-state index contributed by atoms with van der Waals surface area (Å²) in [6.45, 7) is 0.215. The number of aromatic nitrogens is 1. The van der Waals surface area contributed by atoms with Crippen LogP contribution in [0.4, 0.5) is 15.4 Å². The molecular weight excluding hydrogens is 706 g/mol. The molecule has 3 unspecified atom stereocenters. The topological polar surface area (TPSA) is 211 Å². The molecule has 0 aliphatic heterocycles. The quantitative estimate of drug-likeness (QED) is 0.106. The van der Waals surface area contributed by atoms with Crippen LogP contribution in [0.3, 0.4) is 0 Å². The molecule has 1 fully saturated rings. The fraction of sp³-hybridized carbons (Fsp3) is 0.366. The Morgan fingerprint density at radius 2 is 1.47 bits per heavy atom. The molecule has 1 saturated carbocycles. The SMILES string of the molecule is COC(=O)Cc1cc(C#CCOC(=O)NCc2ccc(N)nc2)cc(C#CCOC(=O)NC2CC(CC(=O)CCc3ccc(CN)cc3)C(C(=O)OC)C2)c1. The van der Waals surface area contributed by atoms with Crippen molar-refractivity contribution < 1.29 is 42.9 Å². The number of amides is 2. The number of anilines is 1. The van der Waals surface area contributed by atoms with Crippen molar-refractivity contribution in [1.82, 2.24) is 15.6 Å². The number of hydrogen-bond donors (Lipinski definition) is 4. The highest BCUT2D eigenvalue weighted by atomic mass is 16.6. The van der Waals surface area contributed by atoms with Crippen LogP contribution in [0.5, 0.6) is 0 Å². The predicted molar refractivity (Wildman–Crippen MR) is 202 cm³/mol. The van der Waals surface area contributed by atoms with Crippen molar-refractivity contribution in [2.45, 2.75) is 57.7 Å². The van der Waals surface area contributed by atoms with Gasteiger partial charge in [0.25, 0.3) is 0 Å². The zero-order valence-corrected chi connectivity index (χ0v) is 30.9. The second kappa shape index (κ2) is 21.4. The molecule has 3 aromatic rings. The van der Waals surface area contributed by atoms with Crippen molar-refractivity contribution in [3.63, 3.8) is 0 Å². The van der Waals surface area contributed by atoms with E-state index in [1.165, 1.54) is 14.2 Å². The molecule has 1 heterocycles. The number of methoxy groups -OCH3 is 2. The van der Waals surface area contributed by atoms with Crippen LogP contribution in [0.2, 0.25) is 0 Å². The zero-order valence-electron chi connectivity index (χ0n) is 30.9. The highest BCUT2D eigenvalue weighted by Gasteiger charge is 2.41. The summed E-state index contributed by atoms with van der Waals surface area (Å²) in [7, 11) is 2.59. The Labute approximate surface area is 320 Å². The summed E-state index contributed by atoms with van der Waals surface area (Å²) in [5.41, 5.74) is 15.6. The van der Waals surface area contributed by atoms with E-state index < -0.39 is 36.1 Å². The van der Waals surface area contributed by atoms with Gasteiger partial charge in [-0.2, -0.15) is 0 Å². The Bertz CT molecular complexity index is 1940. The number of rotatable bonds is 14. The van der Waals surface area contributed by atoms with Crippen molar-refractivity contribution in [1.29, 1.82) is 0 Å². The lowest BCUT2D eigenvalue weighted by molar-refractivity contribution is -0.147. The number of ether oxygens (including phenoxy) is 4. The summed E-state index contributed by atoms with van der Waals surface area (Å²) in [6, 6.07) is 15.8. The normalized spacial score (nSPS) is 15.6. The number of nitrogens with two attached hydrogens (primary N) is 2. The molecule has 2 amide bonds. The van der Waals surface area contributed by atoms with Gasteiger partial charge in [0, 0.05) is 49.3 Å². The molecule has 14 nitrogen and oxygen atoms in total. The molecule has 288 valence electrons. The van der Waals surface area contributed by atoms with E-state index in [1.807, 2.05) is 24.3 Å². The van der Waals surface area contributed by atoms with Crippen LogP contribution in [-0.4, -0.2) is 68.4 Å². The molecule has 0 bridgehead atoms. The molecule has 3 atom stereocenters. The van der Waals surface area contributed by atoms with Gasteiger partial charge in [0.1, 0.15) is 11.6 Å². The van der Waals surface area contributed by atoms with Gasteiger partial charge in [-0.25, -0.2) is 14.6 Å². The number of carbonyl (C=O) groups is 5. The van der Waals surface area contributed by atoms with Crippen LogP contribution in [-0.2, 0) is 59.3 Å². The van der Waals surface area contributed by atoms with Crippen LogP contribution in [0, 0.1) is 35.5 Å². The molecule has 1 aromatic heterocycles. The van der Waals surface area contributed by atoms with Gasteiger partial charge < -0.3 is 41.0 Å². The van der Waals surface area contributed by atoms with E-state index in [0.717, 1.165) is 16.7 Å². The number of aryl methyl sites for hydroxylation is 1. The standard InChI is InChI=1S/C41H45N5O9/c1-52-38(48)20-32-18-29(5-3-15-54-40(50)45-26-31-12-14-37(43)44-25-31)17-30(19-32)6-4-16-55-41(51)46-34-21-33(36(23-34)39(49)53-2)22-35(47)13-11-27-7-9-28(24-42)10-8-27/h7-10,12,14,17-19,25,33-34,36H,11,13,15-16,20-24,26,42H2,1-2H3,(H2,43,44)(H,45,50)(H,46,51). The highest BCUT2D eigenvalue weighted by Crippen LogP contribution is 2.36. The molecule has 1 aliphatic carbocycles. The Morgan fingerprint density at radius 1 is 0.818 bits per heavy atom. The fourth-order valence-corrected chi connectivity index (χ4v) is 6.06. The first-order valence-electron chi connectivity index (χ1n) is 17.6. The second-order valence-electron chi connectivity index (χ2n) is 12.8. The monoisotopic (exact) mass is 751 g/mol. The zero-order chi connectivity index (χ0) is 39.6. The maximum Gasteiger partial charge on any atom is 0.408 e. The van der Waals surface area contributed by atoms with E-state index in [0.29, 0.717) is 54.7 Å². The van der Waals surface area contributed by atoms with Crippen LogP contribution in [0.25, 0.3) is 0 Å². The van der Waals surface area contributed by atoms with Crippen molar-refractivity contribution in [2.75, 3.05) is 33.2 Å². The molecule has 0 radical (unpaired) electrons. The lowest BCUT2D eigenvalue weighted by Gasteiger charge is -2.16. The smallest absolute Gasteiger partial charge is 0.408 e. The molecule has 4 rings (SSSR count). The summed E-state index contributed by atoms with van der Waals surface area (Å²) in [5, 5.41) is 5.38. The maximum atomic E-state index is 12.9. The third-order valence-corrected chi connectivity index (χ3v) is 8.83. The summed E-state index contributed by atoms with van der Waals surface area (Å²) in [5.74, 6) is 10.1. The minimum atomic E-state index is -0.712. The number of nitrogen functional groups attached to an aromatic ring is 1. The van der Waals surface area contributed by atoms with E-state index in [-0.39, 0.29) is 44.3 Å². The van der Waals surface area contributed by atoms with Gasteiger partial charge >= 0.3 is 24.1 Å². The Balaban J connectivity index is 1.27. The van der Waals surface area contributed by atoms with Gasteiger partial charge in [0.2, 0.25) is 0 Å². The molecule has 55 heavy (non-hydrogen) atoms. The molecule has 0 spiro atoms. The molecular formula is C41H45N5O9. The van der Waals surface area contributed by atoms with Crippen LogP contribution in [0.15, 0.2) is 60.8 Å². The number of esters is 2. The minimum absolute atomic E-state index is 0.0257. The van der Waals surface area contributed by atoms with Gasteiger partial charge in [-0.05, 0) is 71.7 Å². The van der Waals surface area contributed by atoms with Crippen molar-refractivity contribution in [2.24, 2.45) is 17.6 Å². The Morgan fingerprint density at radius 3 is 2.09 bits per heavy atom. The molecule has 1 aliphatic rings. The van der Waals surface area contributed by atoms with Crippen LogP contribution < -0.4 is 22.1 Å². The summed E-state index contributed by atoms with van der Waals surface area (Å²) >= 11 is 0. The lowest BCUT2D eigenvalue weighted by atomic mass is 9.89. The minimum Gasteiger partial charge on any atom is -0.469 e. The lowest BCUT2D eigenvalue weighted by Crippen LogP contribution is -2.34. The summed E-state index contributed by atoms with van der Waals surface area (Å²) in [6.07, 6.45) is 2.01. The van der Waals surface area contributed by atoms with E-state index in [1.54, 1.807) is 36.5 Å². The number of Topliss-reactive ketones (excluding diaryl/α,β-unsaturated/α-hetero) is 1. The Kier molecular flexibility index (Phi) is 16.1. The highest BCUT2D eigenvalue weighted by molar-refractivity contribution is 5.81. The van der Waals surface area contributed by atoms with Crippen molar-refractivity contribution in [3.05, 3.63) is 94.2 Å². The summed E-state index contributed by atoms with van der Waals surface area (Å²) < 4.78 is 20.2. The predicted octanol–water partition coefficient (Wildman–Crippen LogP) is 3.35. The first-order chi connectivity index (χ1) is 26.5. The third kappa shape index (κ3) is 14.2. The Hall–Kier alpha value is -6.38. The molecule has 14 heteroatoms. The van der Waals surface area contributed by atoms with Crippen molar-refractivity contribution >= 4 is 35.7 Å². The number of hydrogen-bond acceptors (Lipinski definition) is 12. The first-order valence-corrected chi connectivity index (χ1v) is 17.6. The van der Waals surface area contributed by atoms with Gasteiger partial charge in [0.05, 0.1) is 26.6 Å². The number of nitrogens with one attached hydrogen (secondary N) is 2. The average Bonchev–Trinajstić information content (AvgIpc) is 3.58. The summed E-state index contributed by atoms with van der Waals surface area (Å²) in [4.78, 5) is 66.1. The fourth-order valence-electron chi connectivity index (χ4n) is 6.06. The second-order valence-corrected chi connectivity index (χ2v) is 12.8.